The van der Waals surface area contributed by atoms with Crippen molar-refractivity contribution in [2.75, 3.05) is 18.6 Å². The normalized spacial score (nSPS) is 12.4. The van der Waals surface area contributed by atoms with Crippen molar-refractivity contribution < 1.29 is 9.21 Å². The number of hydrogen-bond donors (Lipinski definition) is 2. The zero-order valence-corrected chi connectivity index (χ0v) is 10.3. The quantitative estimate of drug-likeness (QED) is 0.749. The molecule has 90 valence electrons. The van der Waals surface area contributed by atoms with E-state index in [-0.39, 0.29) is 5.91 Å². The fourth-order valence-electron chi connectivity index (χ4n) is 1.27. The van der Waals surface area contributed by atoms with Gasteiger partial charge < -0.3 is 15.5 Å². The van der Waals surface area contributed by atoms with Crippen molar-refractivity contribution in [2.24, 2.45) is 5.73 Å². The third kappa shape index (κ3) is 4.72. The van der Waals surface area contributed by atoms with Crippen molar-refractivity contribution in [3.05, 3.63) is 24.2 Å². The molecule has 1 heterocycles. The highest BCUT2D eigenvalue weighted by molar-refractivity contribution is 7.98. The molecule has 0 bridgehead atoms. The summed E-state index contributed by atoms with van der Waals surface area (Å²) in [5, 5.41) is 2.80. The number of carbonyl (C=O) groups is 1. The average molecular weight is 242 g/mol. The van der Waals surface area contributed by atoms with Gasteiger partial charge in [0.25, 0.3) is 0 Å². The van der Waals surface area contributed by atoms with E-state index in [0.29, 0.717) is 19.4 Å². The number of rotatable bonds is 7. The van der Waals surface area contributed by atoms with Gasteiger partial charge in [0.2, 0.25) is 5.91 Å². The van der Waals surface area contributed by atoms with Crippen molar-refractivity contribution in [3.8, 4) is 0 Å². The van der Waals surface area contributed by atoms with Gasteiger partial charge in [-0.1, -0.05) is 0 Å². The van der Waals surface area contributed by atoms with E-state index in [1.807, 2.05) is 18.4 Å². The van der Waals surface area contributed by atoms with E-state index in [4.69, 9.17) is 10.2 Å². The van der Waals surface area contributed by atoms with Gasteiger partial charge in [-0.05, 0) is 30.6 Å². The molecular formula is C11H18N2O2S. The predicted octanol–water partition coefficient (Wildman–Crippen LogP) is 1.02. The van der Waals surface area contributed by atoms with Crippen LogP contribution < -0.4 is 11.1 Å². The molecule has 1 aromatic rings. The molecular weight excluding hydrogens is 224 g/mol. The first-order valence-electron chi connectivity index (χ1n) is 5.28. The Hall–Kier alpha value is -0.940. The molecule has 0 unspecified atom stereocenters. The predicted molar refractivity (Wildman–Crippen MR) is 66.4 cm³/mol. The fraction of sp³-hybridized carbons (Fsp3) is 0.545. The van der Waals surface area contributed by atoms with Gasteiger partial charge >= 0.3 is 0 Å². The van der Waals surface area contributed by atoms with Crippen LogP contribution in [0.5, 0.6) is 0 Å². The van der Waals surface area contributed by atoms with Gasteiger partial charge in [-0.3, -0.25) is 4.79 Å². The van der Waals surface area contributed by atoms with E-state index in [2.05, 4.69) is 5.32 Å². The Morgan fingerprint density at radius 1 is 1.69 bits per heavy atom. The molecule has 0 spiro atoms. The maximum atomic E-state index is 11.5. The van der Waals surface area contributed by atoms with Gasteiger partial charge in [0.15, 0.2) is 0 Å². The minimum atomic E-state index is -0.399. The Bertz CT molecular complexity index is 301. The lowest BCUT2D eigenvalue weighted by Crippen LogP contribution is -2.41. The van der Waals surface area contributed by atoms with Crippen LogP contribution >= 0.6 is 11.8 Å². The zero-order valence-electron chi connectivity index (χ0n) is 9.44. The Kier molecular flexibility index (Phi) is 6.03. The smallest absolute Gasteiger partial charge is 0.236 e. The van der Waals surface area contributed by atoms with Gasteiger partial charge in [-0.15, -0.1) is 0 Å². The summed E-state index contributed by atoms with van der Waals surface area (Å²) in [5.74, 6) is 1.70. The highest BCUT2D eigenvalue weighted by atomic mass is 32.2. The van der Waals surface area contributed by atoms with Crippen LogP contribution in [0.1, 0.15) is 12.2 Å². The number of hydrogen-bond acceptors (Lipinski definition) is 4. The van der Waals surface area contributed by atoms with E-state index < -0.39 is 6.04 Å². The molecule has 1 rings (SSSR count). The van der Waals surface area contributed by atoms with Crippen molar-refractivity contribution >= 4 is 17.7 Å². The second kappa shape index (κ2) is 7.35. The molecule has 0 saturated carbocycles. The summed E-state index contributed by atoms with van der Waals surface area (Å²) in [6.45, 7) is 0.569. The van der Waals surface area contributed by atoms with E-state index in [1.54, 1.807) is 18.0 Å². The van der Waals surface area contributed by atoms with Gasteiger partial charge in [0, 0.05) is 13.0 Å². The summed E-state index contributed by atoms with van der Waals surface area (Å²) < 4.78 is 5.15. The molecule has 5 heteroatoms. The van der Waals surface area contributed by atoms with Crippen LogP contribution in [0.2, 0.25) is 0 Å². The third-order valence-electron chi connectivity index (χ3n) is 2.22. The number of carbonyl (C=O) groups excluding carboxylic acids is 1. The monoisotopic (exact) mass is 242 g/mol. The third-order valence-corrected chi connectivity index (χ3v) is 2.86. The molecule has 4 nitrogen and oxygen atoms in total. The van der Waals surface area contributed by atoms with Crippen LogP contribution in [-0.4, -0.2) is 30.5 Å². The standard InChI is InChI=1S/C11H18N2O2S/c1-16-8-5-10(12)11(14)13-6-4-9-3-2-7-15-9/h2-3,7,10H,4-6,8,12H2,1H3,(H,13,14)/t10-/m1/s1. The van der Waals surface area contributed by atoms with Crippen LogP contribution in [-0.2, 0) is 11.2 Å². The summed E-state index contributed by atoms with van der Waals surface area (Å²) in [6.07, 6.45) is 5.05. The van der Waals surface area contributed by atoms with Crippen LogP contribution in [0.25, 0.3) is 0 Å². The Labute approximate surface area is 100.0 Å². The topological polar surface area (TPSA) is 68.3 Å². The lowest BCUT2D eigenvalue weighted by atomic mass is 10.2. The van der Waals surface area contributed by atoms with E-state index in [1.165, 1.54) is 0 Å². The van der Waals surface area contributed by atoms with Crippen LogP contribution in [0.3, 0.4) is 0 Å². The molecule has 0 aromatic carbocycles. The highest BCUT2D eigenvalue weighted by Crippen LogP contribution is 2.00. The first-order valence-corrected chi connectivity index (χ1v) is 6.68. The van der Waals surface area contributed by atoms with E-state index in [0.717, 1.165) is 11.5 Å². The maximum Gasteiger partial charge on any atom is 0.236 e. The van der Waals surface area contributed by atoms with Gasteiger partial charge in [0.05, 0.1) is 12.3 Å². The van der Waals surface area contributed by atoms with E-state index in [9.17, 15) is 4.79 Å². The molecule has 1 atom stereocenters. The summed E-state index contributed by atoms with van der Waals surface area (Å²) in [4.78, 5) is 11.5. The van der Waals surface area contributed by atoms with Crippen LogP contribution in [0.4, 0.5) is 0 Å². The van der Waals surface area contributed by atoms with Gasteiger partial charge in [-0.25, -0.2) is 0 Å². The molecule has 0 aliphatic carbocycles. The van der Waals surface area contributed by atoms with E-state index >= 15 is 0 Å². The molecule has 0 aliphatic rings. The molecule has 16 heavy (non-hydrogen) atoms. The summed E-state index contributed by atoms with van der Waals surface area (Å²) in [7, 11) is 0. The number of furan rings is 1. The average Bonchev–Trinajstić information content (AvgIpc) is 2.78. The molecule has 0 radical (unpaired) electrons. The molecule has 0 fully saturated rings. The van der Waals surface area contributed by atoms with Crippen molar-refractivity contribution in [1.29, 1.82) is 0 Å². The minimum Gasteiger partial charge on any atom is -0.469 e. The second-order valence-electron chi connectivity index (χ2n) is 3.51. The Balaban J connectivity index is 2.14. The zero-order chi connectivity index (χ0) is 11.8. The van der Waals surface area contributed by atoms with Crippen LogP contribution in [0, 0.1) is 0 Å². The summed E-state index contributed by atoms with van der Waals surface area (Å²) in [5.41, 5.74) is 5.71. The number of nitrogens with two attached hydrogens (primary N) is 1. The SMILES string of the molecule is CSCC[C@@H](N)C(=O)NCCc1ccco1. The lowest BCUT2D eigenvalue weighted by molar-refractivity contribution is -0.122. The number of nitrogens with one attached hydrogen (secondary N) is 1. The molecule has 0 saturated heterocycles. The highest BCUT2D eigenvalue weighted by Gasteiger charge is 2.11. The Morgan fingerprint density at radius 3 is 3.12 bits per heavy atom. The lowest BCUT2D eigenvalue weighted by Gasteiger charge is -2.10. The number of amides is 1. The summed E-state index contributed by atoms with van der Waals surface area (Å²) in [6, 6.07) is 3.32. The van der Waals surface area contributed by atoms with Gasteiger partial charge in [-0.2, -0.15) is 11.8 Å². The van der Waals surface area contributed by atoms with Gasteiger partial charge in [0.1, 0.15) is 5.76 Å². The summed E-state index contributed by atoms with van der Waals surface area (Å²) >= 11 is 1.69. The first-order chi connectivity index (χ1) is 7.74. The first kappa shape index (κ1) is 13.1. The maximum absolute atomic E-state index is 11.5. The molecule has 0 aliphatic heterocycles. The molecule has 1 aromatic heterocycles. The molecule has 1 amide bonds. The minimum absolute atomic E-state index is 0.0828. The van der Waals surface area contributed by atoms with Crippen molar-refractivity contribution in [3.63, 3.8) is 0 Å². The van der Waals surface area contributed by atoms with Crippen molar-refractivity contribution in [2.45, 2.75) is 18.9 Å². The Morgan fingerprint density at radius 2 is 2.50 bits per heavy atom. The van der Waals surface area contributed by atoms with Crippen molar-refractivity contribution in [1.82, 2.24) is 5.32 Å². The van der Waals surface area contributed by atoms with Crippen LogP contribution in [0.15, 0.2) is 22.8 Å². The number of thioether (sulfide) groups is 1. The largest absolute Gasteiger partial charge is 0.469 e. The fourth-order valence-corrected chi connectivity index (χ4v) is 1.76. The molecule has 3 N–H and O–H groups in total. The second-order valence-corrected chi connectivity index (χ2v) is 4.49.